The van der Waals surface area contributed by atoms with Gasteiger partial charge >= 0.3 is 0 Å². The van der Waals surface area contributed by atoms with Crippen LogP contribution in [0.25, 0.3) is 0 Å². The van der Waals surface area contributed by atoms with Gasteiger partial charge in [0.1, 0.15) is 12.4 Å². The lowest BCUT2D eigenvalue weighted by Gasteiger charge is -2.12. The fraction of sp³-hybridized carbons (Fsp3) is 0.200. The lowest BCUT2D eigenvalue weighted by molar-refractivity contribution is 0.259. The fourth-order valence-electron chi connectivity index (χ4n) is 1.78. The highest BCUT2D eigenvalue weighted by molar-refractivity contribution is 6.33. The zero-order valence-corrected chi connectivity index (χ0v) is 12.0. The van der Waals surface area contributed by atoms with E-state index in [9.17, 15) is 5.11 Å². The molecule has 0 spiro atoms. The van der Waals surface area contributed by atoms with Crippen molar-refractivity contribution in [3.8, 4) is 5.75 Å². The van der Waals surface area contributed by atoms with Gasteiger partial charge < -0.3 is 9.84 Å². The number of benzene rings is 2. The summed E-state index contributed by atoms with van der Waals surface area (Å²) in [5.74, 6) is 0.657. The molecule has 19 heavy (non-hydrogen) atoms. The van der Waals surface area contributed by atoms with Crippen molar-refractivity contribution in [2.75, 3.05) is 0 Å². The Morgan fingerprint density at radius 3 is 2.58 bits per heavy atom. The van der Waals surface area contributed by atoms with Gasteiger partial charge in [0.2, 0.25) is 0 Å². The molecule has 2 nitrogen and oxygen atoms in total. The van der Waals surface area contributed by atoms with Crippen LogP contribution in [0.5, 0.6) is 5.75 Å². The minimum Gasteiger partial charge on any atom is -0.488 e. The van der Waals surface area contributed by atoms with Crippen molar-refractivity contribution in [1.82, 2.24) is 0 Å². The van der Waals surface area contributed by atoms with Crippen molar-refractivity contribution in [2.45, 2.75) is 20.1 Å². The summed E-state index contributed by atoms with van der Waals surface area (Å²) in [4.78, 5) is 0. The highest BCUT2D eigenvalue weighted by atomic mass is 35.5. The summed E-state index contributed by atoms with van der Waals surface area (Å²) in [5.41, 5.74) is 2.66. The second kappa shape index (κ2) is 6.29. The normalized spacial score (nSPS) is 10.5. The van der Waals surface area contributed by atoms with E-state index >= 15 is 0 Å². The molecular weight excluding hydrogens is 283 g/mol. The highest BCUT2D eigenvalue weighted by Crippen LogP contribution is 2.25. The highest BCUT2D eigenvalue weighted by Gasteiger charge is 2.06. The van der Waals surface area contributed by atoms with Crippen LogP contribution in [0.4, 0.5) is 0 Å². The summed E-state index contributed by atoms with van der Waals surface area (Å²) in [7, 11) is 0. The van der Waals surface area contributed by atoms with Crippen molar-refractivity contribution in [2.24, 2.45) is 0 Å². The third-order valence-corrected chi connectivity index (χ3v) is 3.38. The average molecular weight is 297 g/mol. The maximum atomic E-state index is 9.31. The predicted molar refractivity (Wildman–Crippen MR) is 77.9 cm³/mol. The van der Waals surface area contributed by atoms with Crippen LogP contribution in [-0.2, 0) is 13.2 Å². The van der Waals surface area contributed by atoms with Gasteiger partial charge in [0.25, 0.3) is 0 Å². The topological polar surface area (TPSA) is 29.5 Å². The van der Waals surface area contributed by atoms with Gasteiger partial charge in [-0.1, -0.05) is 40.9 Å². The number of hydrogen-bond donors (Lipinski definition) is 1. The van der Waals surface area contributed by atoms with E-state index in [0.29, 0.717) is 22.4 Å². The van der Waals surface area contributed by atoms with Crippen LogP contribution < -0.4 is 4.74 Å². The van der Waals surface area contributed by atoms with Gasteiger partial charge in [-0.2, -0.15) is 0 Å². The van der Waals surface area contributed by atoms with Crippen LogP contribution in [0.2, 0.25) is 10.0 Å². The van der Waals surface area contributed by atoms with Gasteiger partial charge in [0.15, 0.2) is 0 Å². The summed E-state index contributed by atoms with van der Waals surface area (Å²) >= 11 is 12.0. The van der Waals surface area contributed by atoms with Gasteiger partial charge in [-0.25, -0.2) is 0 Å². The van der Waals surface area contributed by atoms with Crippen LogP contribution in [0.15, 0.2) is 36.4 Å². The Bertz CT molecular complexity index is 582. The lowest BCUT2D eigenvalue weighted by atomic mass is 10.1. The van der Waals surface area contributed by atoms with Crippen molar-refractivity contribution in [1.29, 1.82) is 0 Å². The molecule has 0 aliphatic heterocycles. The number of aliphatic hydroxyl groups excluding tert-OH is 1. The molecule has 0 aromatic heterocycles. The molecule has 0 saturated carbocycles. The maximum Gasteiger partial charge on any atom is 0.125 e. The Balaban J connectivity index is 2.16. The first-order valence-electron chi connectivity index (χ1n) is 5.87. The number of rotatable bonds is 4. The van der Waals surface area contributed by atoms with E-state index < -0.39 is 0 Å². The largest absolute Gasteiger partial charge is 0.488 e. The Labute approximate surface area is 122 Å². The van der Waals surface area contributed by atoms with Crippen molar-refractivity contribution in [3.63, 3.8) is 0 Å². The molecule has 2 aromatic carbocycles. The molecule has 0 aliphatic rings. The number of ether oxygens (including phenoxy) is 1. The SMILES string of the molecule is Cc1ccc(OCc2cc(Cl)ccc2Cl)c(CO)c1. The minimum absolute atomic E-state index is 0.0553. The molecule has 0 bridgehead atoms. The molecule has 2 rings (SSSR count). The Morgan fingerprint density at radius 1 is 1.05 bits per heavy atom. The van der Waals surface area contributed by atoms with Crippen LogP contribution in [0.3, 0.4) is 0 Å². The Morgan fingerprint density at radius 2 is 1.84 bits per heavy atom. The molecule has 4 heteroatoms. The molecule has 0 amide bonds. The summed E-state index contributed by atoms with van der Waals surface area (Å²) in [6, 6.07) is 10.9. The average Bonchev–Trinajstić information content (AvgIpc) is 2.40. The van der Waals surface area contributed by atoms with Gasteiger partial charge in [0.05, 0.1) is 6.61 Å². The Hall–Kier alpha value is -1.22. The van der Waals surface area contributed by atoms with E-state index in [0.717, 1.165) is 16.7 Å². The van der Waals surface area contributed by atoms with E-state index in [2.05, 4.69) is 0 Å². The van der Waals surface area contributed by atoms with E-state index in [-0.39, 0.29) is 6.61 Å². The molecule has 1 N–H and O–H groups in total. The van der Waals surface area contributed by atoms with E-state index in [1.54, 1.807) is 18.2 Å². The first-order chi connectivity index (χ1) is 9.10. The summed E-state index contributed by atoms with van der Waals surface area (Å²) < 4.78 is 5.70. The minimum atomic E-state index is -0.0553. The quantitative estimate of drug-likeness (QED) is 0.908. The first-order valence-corrected chi connectivity index (χ1v) is 6.63. The molecule has 0 saturated heterocycles. The number of halogens is 2. The predicted octanol–water partition coefficient (Wildman–Crippen LogP) is 4.37. The third-order valence-electron chi connectivity index (χ3n) is 2.78. The fourth-order valence-corrected chi connectivity index (χ4v) is 2.15. The van der Waals surface area contributed by atoms with Crippen molar-refractivity contribution < 1.29 is 9.84 Å². The van der Waals surface area contributed by atoms with Crippen molar-refractivity contribution >= 4 is 23.2 Å². The van der Waals surface area contributed by atoms with Crippen LogP contribution in [-0.4, -0.2) is 5.11 Å². The third kappa shape index (κ3) is 3.63. The summed E-state index contributed by atoms with van der Waals surface area (Å²) in [5, 5.41) is 10.5. The number of aliphatic hydroxyl groups is 1. The first kappa shape index (κ1) is 14.2. The molecule has 0 heterocycles. The number of aryl methyl sites for hydroxylation is 1. The molecule has 0 atom stereocenters. The van der Waals surface area contributed by atoms with Gasteiger partial charge in [-0.3, -0.25) is 0 Å². The van der Waals surface area contributed by atoms with E-state index in [4.69, 9.17) is 27.9 Å². The van der Waals surface area contributed by atoms with Gasteiger partial charge in [-0.15, -0.1) is 0 Å². The zero-order valence-electron chi connectivity index (χ0n) is 10.5. The van der Waals surface area contributed by atoms with Crippen LogP contribution >= 0.6 is 23.2 Å². The smallest absolute Gasteiger partial charge is 0.125 e. The van der Waals surface area contributed by atoms with Crippen LogP contribution in [0, 0.1) is 6.92 Å². The molecule has 0 aliphatic carbocycles. The second-order valence-corrected chi connectivity index (χ2v) is 5.14. The number of hydrogen-bond acceptors (Lipinski definition) is 2. The van der Waals surface area contributed by atoms with E-state index in [1.165, 1.54) is 0 Å². The van der Waals surface area contributed by atoms with Gasteiger partial charge in [-0.05, 0) is 31.2 Å². The molecular formula is C15H14Cl2O2. The van der Waals surface area contributed by atoms with Gasteiger partial charge in [0, 0.05) is 21.2 Å². The van der Waals surface area contributed by atoms with Crippen LogP contribution in [0.1, 0.15) is 16.7 Å². The lowest BCUT2D eigenvalue weighted by Crippen LogP contribution is -2.00. The maximum absolute atomic E-state index is 9.31. The monoisotopic (exact) mass is 296 g/mol. The summed E-state index contributed by atoms with van der Waals surface area (Å²) in [6.07, 6.45) is 0. The second-order valence-electron chi connectivity index (χ2n) is 4.29. The zero-order chi connectivity index (χ0) is 13.8. The van der Waals surface area contributed by atoms with E-state index in [1.807, 2.05) is 25.1 Å². The molecule has 0 unspecified atom stereocenters. The van der Waals surface area contributed by atoms with Crippen molar-refractivity contribution in [3.05, 3.63) is 63.1 Å². The molecule has 0 radical (unpaired) electrons. The Kier molecular flexibility index (Phi) is 4.70. The summed E-state index contributed by atoms with van der Waals surface area (Å²) in [6.45, 7) is 2.23. The molecule has 0 fully saturated rings. The molecule has 2 aromatic rings. The molecule has 100 valence electrons. The standard InChI is InChI=1S/C15H14Cl2O2/c1-10-2-5-15(11(6-10)8-18)19-9-12-7-13(16)3-4-14(12)17/h2-7,18H,8-9H2,1H3.